The zero-order valence-corrected chi connectivity index (χ0v) is 16.8. The van der Waals surface area contributed by atoms with Gasteiger partial charge in [-0.15, -0.1) is 10.2 Å². The van der Waals surface area contributed by atoms with E-state index in [2.05, 4.69) is 20.0 Å². The molecule has 2 saturated heterocycles. The molecule has 1 aromatic heterocycles. The lowest BCUT2D eigenvalue weighted by Gasteiger charge is -2.23. The summed E-state index contributed by atoms with van der Waals surface area (Å²) in [7, 11) is 0. The molecule has 2 aliphatic heterocycles. The van der Waals surface area contributed by atoms with E-state index in [4.69, 9.17) is 16.0 Å². The van der Waals surface area contributed by atoms with Crippen molar-refractivity contribution in [3.8, 4) is 11.5 Å². The van der Waals surface area contributed by atoms with Crippen LogP contribution in [0.25, 0.3) is 11.5 Å². The van der Waals surface area contributed by atoms with Gasteiger partial charge in [0, 0.05) is 26.2 Å². The number of aromatic nitrogens is 2. The number of amides is 1. The second kappa shape index (κ2) is 9.03. The first-order valence-corrected chi connectivity index (χ1v) is 10.4. The van der Waals surface area contributed by atoms with Crippen molar-refractivity contribution >= 4 is 17.5 Å². The van der Waals surface area contributed by atoms with Crippen LogP contribution in [0.5, 0.6) is 0 Å². The van der Waals surface area contributed by atoms with Crippen molar-refractivity contribution in [3.63, 3.8) is 0 Å². The fraction of sp³-hybridized carbons (Fsp3) is 0.550. The molecule has 28 heavy (non-hydrogen) atoms. The van der Waals surface area contributed by atoms with Gasteiger partial charge in [0.15, 0.2) is 0 Å². The summed E-state index contributed by atoms with van der Waals surface area (Å²) in [5, 5.41) is 8.94. The predicted octanol–water partition coefficient (Wildman–Crippen LogP) is 2.52. The average molecular weight is 404 g/mol. The maximum absolute atomic E-state index is 12.4. The molecule has 0 spiro atoms. The molecular formula is C20H26ClN5O2. The quantitative estimate of drug-likeness (QED) is 0.764. The number of carbonyl (C=O) groups excluding carboxylic acids is 1. The van der Waals surface area contributed by atoms with Crippen LogP contribution in [0.3, 0.4) is 0 Å². The smallest absolute Gasteiger partial charge is 0.249 e. The lowest BCUT2D eigenvalue weighted by atomic mass is 10.2. The average Bonchev–Trinajstić information content (AvgIpc) is 3.34. The lowest BCUT2D eigenvalue weighted by molar-refractivity contribution is -0.131. The van der Waals surface area contributed by atoms with E-state index < -0.39 is 0 Å². The number of nitrogens with zero attached hydrogens (tertiary/aromatic N) is 5. The van der Waals surface area contributed by atoms with E-state index in [-0.39, 0.29) is 5.91 Å². The number of rotatable bonds is 5. The Labute approximate surface area is 170 Å². The molecule has 0 aliphatic carbocycles. The molecule has 1 aromatic carbocycles. The Morgan fingerprint density at radius 2 is 1.71 bits per heavy atom. The molecule has 0 saturated carbocycles. The standard InChI is InChI=1S/C20H26ClN5O2/c21-17-7-2-1-6-16(17)20-23-22-18(28-20)14-24-8-5-9-25(13-12-24)15-19(27)26-10-3-4-11-26/h1-2,6-7H,3-5,8-15H2. The van der Waals surface area contributed by atoms with E-state index in [0.29, 0.717) is 29.9 Å². The zero-order valence-electron chi connectivity index (χ0n) is 16.0. The minimum atomic E-state index is 0.271. The maximum atomic E-state index is 12.4. The third kappa shape index (κ3) is 4.71. The zero-order chi connectivity index (χ0) is 19.3. The summed E-state index contributed by atoms with van der Waals surface area (Å²) in [6.45, 7) is 6.66. The molecule has 0 radical (unpaired) electrons. The summed E-state index contributed by atoms with van der Waals surface area (Å²) in [5.41, 5.74) is 0.755. The fourth-order valence-corrected chi connectivity index (χ4v) is 4.07. The molecule has 1 amide bonds. The molecule has 3 heterocycles. The number of hydrogen-bond donors (Lipinski definition) is 0. The minimum absolute atomic E-state index is 0.271. The molecule has 150 valence electrons. The summed E-state index contributed by atoms with van der Waals surface area (Å²) in [4.78, 5) is 19.0. The van der Waals surface area contributed by atoms with Crippen LogP contribution in [0.2, 0.25) is 5.02 Å². The van der Waals surface area contributed by atoms with E-state index in [1.54, 1.807) is 0 Å². The van der Waals surface area contributed by atoms with Crippen molar-refractivity contribution in [2.75, 3.05) is 45.8 Å². The predicted molar refractivity (Wildman–Crippen MR) is 107 cm³/mol. The summed E-state index contributed by atoms with van der Waals surface area (Å²) >= 11 is 6.21. The van der Waals surface area contributed by atoms with Gasteiger partial charge in [0.05, 0.1) is 23.7 Å². The molecule has 4 rings (SSSR count). The van der Waals surface area contributed by atoms with Crippen LogP contribution in [-0.2, 0) is 11.3 Å². The number of halogens is 1. The Hall–Kier alpha value is -1.96. The van der Waals surface area contributed by atoms with Gasteiger partial charge in [0.1, 0.15) is 0 Å². The first-order valence-electron chi connectivity index (χ1n) is 9.99. The van der Waals surface area contributed by atoms with Crippen LogP contribution >= 0.6 is 11.6 Å². The third-order valence-electron chi connectivity index (χ3n) is 5.43. The highest BCUT2D eigenvalue weighted by atomic mass is 35.5. The highest BCUT2D eigenvalue weighted by Gasteiger charge is 2.23. The maximum Gasteiger partial charge on any atom is 0.249 e. The van der Waals surface area contributed by atoms with Crippen molar-refractivity contribution in [2.45, 2.75) is 25.8 Å². The number of benzene rings is 1. The topological polar surface area (TPSA) is 65.7 Å². The van der Waals surface area contributed by atoms with Gasteiger partial charge in [-0.05, 0) is 44.5 Å². The SMILES string of the molecule is O=C(CN1CCCN(Cc2nnc(-c3ccccc3Cl)o2)CC1)N1CCCC1. The summed E-state index contributed by atoms with van der Waals surface area (Å²) in [6, 6.07) is 7.47. The molecular weight excluding hydrogens is 378 g/mol. The Bertz CT molecular complexity index is 805. The molecule has 0 bridgehead atoms. The Balaban J connectivity index is 1.30. The van der Waals surface area contributed by atoms with Crippen LogP contribution in [0.15, 0.2) is 28.7 Å². The Morgan fingerprint density at radius 3 is 2.54 bits per heavy atom. The van der Waals surface area contributed by atoms with E-state index in [9.17, 15) is 4.79 Å². The Morgan fingerprint density at radius 1 is 0.964 bits per heavy atom. The van der Waals surface area contributed by atoms with E-state index in [1.807, 2.05) is 29.2 Å². The van der Waals surface area contributed by atoms with Crippen LogP contribution in [0, 0.1) is 0 Å². The van der Waals surface area contributed by atoms with E-state index in [0.717, 1.165) is 64.1 Å². The molecule has 2 aliphatic rings. The van der Waals surface area contributed by atoms with Crippen LogP contribution in [-0.4, -0.2) is 76.6 Å². The van der Waals surface area contributed by atoms with E-state index >= 15 is 0 Å². The third-order valence-corrected chi connectivity index (χ3v) is 5.76. The van der Waals surface area contributed by atoms with Crippen molar-refractivity contribution in [2.24, 2.45) is 0 Å². The van der Waals surface area contributed by atoms with Gasteiger partial charge in [0.25, 0.3) is 0 Å². The van der Waals surface area contributed by atoms with Gasteiger partial charge in [-0.3, -0.25) is 14.6 Å². The Kier molecular flexibility index (Phi) is 6.24. The molecule has 0 atom stereocenters. The van der Waals surface area contributed by atoms with Crippen LogP contribution < -0.4 is 0 Å². The molecule has 7 nitrogen and oxygen atoms in total. The summed E-state index contributed by atoms with van der Waals surface area (Å²) < 4.78 is 5.83. The van der Waals surface area contributed by atoms with Crippen molar-refractivity contribution in [1.82, 2.24) is 24.9 Å². The summed E-state index contributed by atoms with van der Waals surface area (Å²) in [6.07, 6.45) is 3.30. The molecule has 0 N–H and O–H groups in total. The molecule has 2 aromatic rings. The normalized spacial score (nSPS) is 19.1. The van der Waals surface area contributed by atoms with E-state index in [1.165, 1.54) is 0 Å². The second-order valence-corrected chi connectivity index (χ2v) is 7.88. The van der Waals surface area contributed by atoms with Crippen molar-refractivity contribution < 1.29 is 9.21 Å². The number of likely N-dealkylation sites (tertiary alicyclic amines) is 1. The number of hydrogen-bond acceptors (Lipinski definition) is 6. The molecule has 2 fully saturated rings. The second-order valence-electron chi connectivity index (χ2n) is 7.47. The van der Waals surface area contributed by atoms with Crippen LogP contribution in [0.1, 0.15) is 25.2 Å². The van der Waals surface area contributed by atoms with Gasteiger partial charge in [-0.25, -0.2) is 0 Å². The van der Waals surface area contributed by atoms with Crippen LogP contribution in [0.4, 0.5) is 0 Å². The molecule has 0 unspecified atom stereocenters. The largest absolute Gasteiger partial charge is 0.419 e. The van der Waals surface area contributed by atoms with Gasteiger partial charge < -0.3 is 9.32 Å². The van der Waals surface area contributed by atoms with Gasteiger partial charge in [0.2, 0.25) is 17.7 Å². The van der Waals surface area contributed by atoms with Crippen molar-refractivity contribution in [3.05, 3.63) is 35.2 Å². The minimum Gasteiger partial charge on any atom is -0.419 e. The molecule has 8 heteroatoms. The summed E-state index contributed by atoms with van der Waals surface area (Å²) in [5.74, 6) is 1.32. The van der Waals surface area contributed by atoms with Crippen molar-refractivity contribution in [1.29, 1.82) is 0 Å². The van der Waals surface area contributed by atoms with Gasteiger partial charge in [-0.1, -0.05) is 23.7 Å². The highest BCUT2D eigenvalue weighted by molar-refractivity contribution is 6.33. The van der Waals surface area contributed by atoms with Gasteiger partial charge >= 0.3 is 0 Å². The highest BCUT2D eigenvalue weighted by Crippen LogP contribution is 2.26. The van der Waals surface area contributed by atoms with Gasteiger partial charge in [-0.2, -0.15) is 0 Å². The monoisotopic (exact) mass is 403 g/mol. The fourth-order valence-electron chi connectivity index (χ4n) is 3.85. The first kappa shape index (κ1) is 19.4. The number of carbonyl (C=O) groups is 1. The first-order chi connectivity index (χ1) is 13.7. The lowest BCUT2D eigenvalue weighted by Crippen LogP contribution is -2.40.